The van der Waals surface area contributed by atoms with Crippen LogP contribution in [0.15, 0.2) is 35.5 Å². The van der Waals surface area contributed by atoms with Crippen molar-refractivity contribution in [1.29, 1.82) is 0 Å². The summed E-state index contributed by atoms with van der Waals surface area (Å²) in [7, 11) is 1.21. The lowest BCUT2D eigenvalue weighted by molar-refractivity contribution is -0.112. The zero-order valence-corrected chi connectivity index (χ0v) is 14.8. The Morgan fingerprint density at radius 3 is 2.96 bits per heavy atom. The maximum absolute atomic E-state index is 14.0. The van der Waals surface area contributed by atoms with E-state index >= 15 is 0 Å². The summed E-state index contributed by atoms with van der Waals surface area (Å²) in [6.07, 6.45) is 0. The van der Waals surface area contributed by atoms with Gasteiger partial charge in [-0.3, -0.25) is 4.79 Å². The normalized spacial score (nSPS) is 16.6. The number of ether oxygens (including phenoxy) is 3. The summed E-state index contributed by atoms with van der Waals surface area (Å²) in [5.41, 5.74) is 1.29. The lowest BCUT2D eigenvalue weighted by Gasteiger charge is -2.24. The van der Waals surface area contributed by atoms with E-state index < -0.39 is 17.7 Å². The van der Waals surface area contributed by atoms with Crippen LogP contribution in [0.1, 0.15) is 27.0 Å². The molecule has 8 nitrogen and oxygen atoms in total. The predicted molar refractivity (Wildman–Crippen MR) is 94.0 cm³/mol. The van der Waals surface area contributed by atoms with E-state index in [0.717, 1.165) is 0 Å². The first-order valence-electron chi connectivity index (χ1n) is 8.32. The minimum atomic E-state index is -0.670. The number of oxime groups is 1. The van der Waals surface area contributed by atoms with E-state index in [1.807, 2.05) is 0 Å². The summed E-state index contributed by atoms with van der Waals surface area (Å²) < 4.78 is 29.4. The highest BCUT2D eigenvalue weighted by Gasteiger charge is 2.38. The Balaban J connectivity index is 1.81. The molecule has 0 fully saturated rings. The Labute approximate surface area is 158 Å². The van der Waals surface area contributed by atoms with Gasteiger partial charge in [-0.2, -0.15) is 0 Å². The van der Waals surface area contributed by atoms with Crippen molar-refractivity contribution < 1.29 is 33.4 Å². The molecule has 2 aromatic rings. The van der Waals surface area contributed by atoms with Crippen molar-refractivity contribution in [3.63, 3.8) is 0 Å². The van der Waals surface area contributed by atoms with Gasteiger partial charge in [0.15, 0.2) is 12.5 Å². The molecule has 1 amide bonds. The summed E-state index contributed by atoms with van der Waals surface area (Å²) in [6.45, 7) is 0.169. The first kappa shape index (κ1) is 17.9. The van der Waals surface area contributed by atoms with E-state index in [-0.39, 0.29) is 36.8 Å². The van der Waals surface area contributed by atoms with Crippen molar-refractivity contribution in [3.05, 3.63) is 58.4 Å². The molecule has 0 saturated heterocycles. The summed E-state index contributed by atoms with van der Waals surface area (Å²) >= 11 is 0. The highest BCUT2D eigenvalue weighted by molar-refractivity contribution is 6.55. The number of hydrogen-bond acceptors (Lipinski definition) is 7. The van der Waals surface area contributed by atoms with Gasteiger partial charge < -0.3 is 24.3 Å². The summed E-state index contributed by atoms with van der Waals surface area (Å²) in [5, 5.41) is 12.4. The van der Waals surface area contributed by atoms with Crippen LogP contribution in [0.2, 0.25) is 0 Å². The third kappa shape index (κ3) is 2.76. The predicted octanol–water partition coefficient (Wildman–Crippen LogP) is 2.20. The standard InChI is InChI=1S/C19H15FN2O6/c1-26-19(24)13-3-2-4-14-15(13)16(21-25)18(23)22(14)7-10-5-12(20)6-11-8-27-9-28-17(10)11/h2-6,25H,7-9H2,1H3/b21-16-. The van der Waals surface area contributed by atoms with Crippen molar-refractivity contribution in [1.82, 2.24) is 0 Å². The number of hydrogen-bond donors (Lipinski definition) is 1. The number of esters is 1. The van der Waals surface area contributed by atoms with Crippen LogP contribution in [0.25, 0.3) is 0 Å². The molecule has 2 aromatic carbocycles. The van der Waals surface area contributed by atoms with Crippen LogP contribution >= 0.6 is 0 Å². The maximum Gasteiger partial charge on any atom is 0.338 e. The van der Waals surface area contributed by atoms with Crippen molar-refractivity contribution in [2.24, 2.45) is 5.16 Å². The van der Waals surface area contributed by atoms with Crippen LogP contribution in [0.3, 0.4) is 0 Å². The third-order valence-corrected chi connectivity index (χ3v) is 4.60. The fraction of sp³-hybridized carbons (Fsp3) is 0.211. The molecule has 0 saturated carbocycles. The Morgan fingerprint density at radius 1 is 1.39 bits per heavy atom. The largest absolute Gasteiger partial charge is 0.467 e. The SMILES string of the molecule is COC(=O)c1cccc2c1/C(=N/O)C(=O)N2Cc1cc(F)cc2c1OCOC2. The van der Waals surface area contributed by atoms with E-state index in [1.54, 1.807) is 12.1 Å². The molecule has 0 bridgehead atoms. The Bertz CT molecular complexity index is 1020. The number of nitrogens with zero attached hydrogens (tertiary/aromatic N) is 2. The van der Waals surface area contributed by atoms with Gasteiger partial charge in [0.25, 0.3) is 5.91 Å². The molecule has 9 heteroatoms. The summed E-state index contributed by atoms with van der Waals surface area (Å²) in [5.74, 6) is -1.34. The molecule has 0 aliphatic carbocycles. The van der Waals surface area contributed by atoms with Crippen LogP contribution in [0.5, 0.6) is 5.75 Å². The first-order valence-corrected chi connectivity index (χ1v) is 8.32. The second-order valence-corrected chi connectivity index (χ2v) is 6.19. The molecular formula is C19H15FN2O6. The van der Waals surface area contributed by atoms with E-state index in [0.29, 0.717) is 22.6 Å². The molecule has 0 spiro atoms. The van der Waals surface area contributed by atoms with E-state index in [9.17, 15) is 19.2 Å². The number of methoxy groups -OCH3 is 1. The van der Waals surface area contributed by atoms with Gasteiger partial charge in [0.1, 0.15) is 11.6 Å². The van der Waals surface area contributed by atoms with Crippen LogP contribution in [0, 0.1) is 5.82 Å². The van der Waals surface area contributed by atoms with Crippen LogP contribution in [-0.2, 0) is 27.4 Å². The minimum absolute atomic E-state index is 0.0198. The summed E-state index contributed by atoms with van der Waals surface area (Å²) in [4.78, 5) is 26.2. The lowest BCUT2D eigenvalue weighted by Crippen LogP contribution is -2.30. The lowest BCUT2D eigenvalue weighted by atomic mass is 10.0. The highest BCUT2D eigenvalue weighted by Crippen LogP contribution is 2.36. The Kier molecular flexibility index (Phi) is 4.44. The van der Waals surface area contributed by atoms with Crippen LogP contribution in [-0.4, -0.2) is 36.7 Å². The topological polar surface area (TPSA) is 97.7 Å². The van der Waals surface area contributed by atoms with Gasteiger partial charge in [0.2, 0.25) is 0 Å². The number of benzene rings is 2. The second-order valence-electron chi connectivity index (χ2n) is 6.19. The molecule has 28 heavy (non-hydrogen) atoms. The Morgan fingerprint density at radius 2 is 2.21 bits per heavy atom. The number of rotatable bonds is 3. The molecular weight excluding hydrogens is 371 g/mol. The zero-order chi connectivity index (χ0) is 19.8. The molecule has 2 aliphatic heterocycles. The van der Waals surface area contributed by atoms with Gasteiger partial charge in [0, 0.05) is 16.7 Å². The average molecular weight is 386 g/mol. The van der Waals surface area contributed by atoms with E-state index in [1.165, 1.54) is 30.2 Å². The fourth-order valence-electron chi connectivity index (χ4n) is 3.43. The van der Waals surface area contributed by atoms with E-state index in [4.69, 9.17) is 14.2 Å². The number of anilines is 1. The number of halogens is 1. The van der Waals surface area contributed by atoms with Gasteiger partial charge in [-0.05, 0) is 24.3 Å². The minimum Gasteiger partial charge on any atom is -0.467 e. The van der Waals surface area contributed by atoms with Gasteiger partial charge in [-0.1, -0.05) is 11.2 Å². The van der Waals surface area contributed by atoms with Crippen LogP contribution in [0.4, 0.5) is 10.1 Å². The molecule has 0 atom stereocenters. The monoisotopic (exact) mass is 386 g/mol. The summed E-state index contributed by atoms with van der Waals surface area (Å²) in [6, 6.07) is 7.24. The zero-order valence-electron chi connectivity index (χ0n) is 14.8. The smallest absolute Gasteiger partial charge is 0.338 e. The highest BCUT2D eigenvalue weighted by atomic mass is 19.1. The number of fused-ring (bicyclic) bond motifs is 2. The molecule has 0 unspecified atom stereocenters. The van der Waals surface area contributed by atoms with Gasteiger partial charge in [-0.15, -0.1) is 0 Å². The van der Waals surface area contributed by atoms with Crippen molar-refractivity contribution in [2.45, 2.75) is 13.2 Å². The molecule has 4 rings (SSSR count). The number of amides is 1. The van der Waals surface area contributed by atoms with Crippen molar-refractivity contribution in [3.8, 4) is 5.75 Å². The van der Waals surface area contributed by atoms with Gasteiger partial charge in [0.05, 0.1) is 31.5 Å². The fourth-order valence-corrected chi connectivity index (χ4v) is 3.43. The van der Waals surface area contributed by atoms with Gasteiger partial charge >= 0.3 is 5.97 Å². The number of carbonyl (C=O) groups excluding carboxylic acids is 2. The quantitative estimate of drug-likeness (QED) is 0.493. The van der Waals surface area contributed by atoms with Crippen molar-refractivity contribution in [2.75, 3.05) is 18.8 Å². The van der Waals surface area contributed by atoms with E-state index in [2.05, 4.69) is 5.16 Å². The third-order valence-electron chi connectivity index (χ3n) is 4.60. The average Bonchev–Trinajstić information content (AvgIpc) is 2.98. The molecule has 2 heterocycles. The number of carbonyl (C=O) groups is 2. The van der Waals surface area contributed by atoms with Crippen LogP contribution < -0.4 is 9.64 Å². The molecule has 1 N–H and O–H groups in total. The Hall–Kier alpha value is -3.46. The van der Waals surface area contributed by atoms with Crippen molar-refractivity contribution >= 4 is 23.3 Å². The molecule has 144 valence electrons. The second kappa shape index (κ2) is 6.93. The molecule has 0 radical (unpaired) electrons. The molecule has 2 aliphatic rings. The first-order chi connectivity index (χ1) is 13.5. The van der Waals surface area contributed by atoms with Gasteiger partial charge in [-0.25, -0.2) is 9.18 Å². The maximum atomic E-state index is 14.0. The molecule has 0 aromatic heterocycles.